The van der Waals surface area contributed by atoms with Crippen LogP contribution in [0.3, 0.4) is 0 Å². The fourth-order valence-corrected chi connectivity index (χ4v) is 1.82. The molecular weight excluding hydrogens is 282 g/mol. The molecule has 1 aromatic heterocycles. The van der Waals surface area contributed by atoms with Gasteiger partial charge in [-0.2, -0.15) is 5.10 Å². The molecule has 1 amide bonds. The number of hydrogen-bond acceptors (Lipinski definition) is 4. The quantitative estimate of drug-likeness (QED) is 0.669. The molecule has 6 nitrogen and oxygen atoms in total. The van der Waals surface area contributed by atoms with Crippen LogP contribution >= 0.6 is 0 Å². The molecule has 0 spiro atoms. The van der Waals surface area contributed by atoms with Crippen LogP contribution in [0.2, 0.25) is 0 Å². The van der Waals surface area contributed by atoms with Gasteiger partial charge in [0.2, 0.25) is 0 Å². The summed E-state index contributed by atoms with van der Waals surface area (Å²) < 4.78 is 6.80. The first-order chi connectivity index (χ1) is 10.5. The van der Waals surface area contributed by atoms with E-state index in [0.29, 0.717) is 25.6 Å². The lowest BCUT2D eigenvalue weighted by molar-refractivity contribution is 0.0918. The summed E-state index contributed by atoms with van der Waals surface area (Å²) in [6.45, 7) is 8.68. The first-order valence-corrected chi connectivity index (χ1v) is 7.98. The van der Waals surface area contributed by atoms with Crippen molar-refractivity contribution >= 4 is 5.91 Å². The number of ether oxygens (including phenoxy) is 1. The molecule has 0 aliphatic carbocycles. The lowest BCUT2D eigenvalue weighted by Crippen LogP contribution is -2.30. The zero-order valence-electron chi connectivity index (χ0n) is 13.8. The van der Waals surface area contributed by atoms with Crippen molar-refractivity contribution in [2.75, 3.05) is 19.8 Å². The maximum absolute atomic E-state index is 12.0. The van der Waals surface area contributed by atoms with Crippen molar-refractivity contribution in [3.63, 3.8) is 0 Å². The first-order valence-electron chi connectivity index (χ1n) is 7.98. The van der Waals surface area contributed by atoms with Crippen LogP contribution in [0.4, 0.5) is 0 Å². The molecule has 0 aliphatic heterocycles. The number of aryl methyl sites for hydroxylation is 1. The zero-order valence-corrected chi connectivity index (χ0v) is 13.8. The third-order valence-corrected chi connectivity index (χ3v) is 3.02. The number of hydrogen-bond donors (Lipinski definition) is 1. The molecule has 0 radical (unpaired) electrons. The third-order valence-electron chi connectivity index (χ3n) is 3.02. The van der Waals surface area contributed by atoms with Gasteiger partial charge in [-0.3, -0.25) is 9.59 Å². The average Bonchev–Trinajstić information content (AvgIpc) is 2.49. The number of nitrogens with zero attached hydrogens (tertiary/aromatic N) is 2. The summed E-state index contributed by atoms with van der Waals surface area (Å²) in [5.41, 5.74) is 0.103. The zero-order chi connectivity index (χ0) is 16.4. The van der Waals surface area contributed by atoms with Gasteiger partial charge in [-0.1, -0.05) is 27.2 Å². The predicted molar refractivity (Wildman–Crippen MR) is 86.0 cm³/mol. The highest BCUT2D eigenvalue weighted by molar-refractivity contribution is 5.91. The standard InChI is InChI=1S/C16H27N3O3/c1-4-5-10-19-15(20)8-7-14(18-19)16(21)17-9-6-11-22-12-13(2)3/h7-8,13H,4-6,9-12H2,1-3H3,(H,17,21). The van der Waals surface area contributed by atoms with E-state index in [0.717, 1.165) is 25.9 Å². The molecule has 124 valence electrons. The summed E-state index contributed by atoms with van der Waals surface area (Å²) in [5.74, 6) is 0.261. The number of nitrogens with one attached hydrogen (secondary N) is 1. The van der Waals surface area contributed by atoms with Crippen LogP contribution in [0.15, 0.2) is 16.9 Å². The van der Waals surface area contributed by atoms with Crippen LogP contribution in [-0.2, 0) is 11.3 Å². The van der Waals surface area contributed by atoms with Gasteiger partial charge in [-0.05, 0) is 24.8 Å². The molecule has 1 aromatic rings. The molecule has 0 saturated heterocycles. The molecule has 0 saturated carbocycles. The minimum atomic E-state index is -0.255. The smallest absolute Gasteiger partial charge is 0.271 e. The number of amides is 1. The Morgan fingerprint density at radius 1 is 1.36 bits per heavy atom. The molecule has 0 atom stereocenters. The van der Waals surface area contributed by atoms with Gasteiger partial charge in [0.15, 0.2) is 0 Å². The second kappa shape index (κ2) is 10.1. The molecule has 1 heterocycles. The molecule has 0 unspecified atom stereocenters. The van der Waals surface area contributed by atoms with Crippen LogP contribution in [-0.4, -0.2) is 35.4 Å². The number of carbonyl (C=O) groups excluding carboxylic acids is 1. The average molecular weight is 309 g/mol. The summed E-state index contributed by atoms with van der Waals surface area (Å²) in [5, 5.41) is 6.90. The van der Waals surface area contributed by atoms with Gasteiger partial charge in [-0.25, -0.2) is 4.68 Å². The van der Waals surface area contributed by atoms with Crippen molar-refractivity contribution in [1.82, 2.24) is 15.1 Å². The van der Waals surface area contributed by atoms with Crippen molar-refractivity contribution < 1.29 is 9.53 Å². The molecule has 6 heteroatoms. The highest BCUT2D eigenvalue weighted by Gasteiger charge is 2.08. The van der Waals surface area contributed by atoms with E-state index in [4.69, 9.17) is 4.74 Å². The third kappa shape index (κ3) is 6.85. The minimum absolute atomic E-state index is 0.174. The first kappa shape index (κ1) is 18.4. The van der Waals surface area contributed by atoms with Gasteiger partial charge in [-0.15, -0.1) is 0 Å². The Morgan fingerprint density at radius 3 is 2.82 bits per heavy atom. The molecule has 0 bridgehead atoms. The number of rotatable bonds is 10. The Balaban J connectivity index is 2.40. The molecule has 22 heavy (non-hydrogen) atoms. The lowest BCUT2D eigenvalue weighted by atomic mass is 10.2. The maximum atomic E-state index is 12.0. The summed E-state index contributed by atoms with van der Waals surface area (Å²) in [7, 11) is 0. The van der Waals surface area contributed by atoms with Gasteiger partial charge in [0.05, 0.1) is 0 Å². The van der Waals surface area contributed by atoms with Crippen LogP contribution in [0.1, 0.15) is 50.5 Å². The van der Waals surface area contributed by atoms with E-state index in [1.54, 1.807) is 0 Å². The van der Waals surface area contributed by atoms with Crippen LogP contribution < -0.4 is 10.9 Å². The van der Waals surface area contributed by atoms with Crippen LogP contribution in [0, 0.1) is 5.92 Å². The molecular formula is C16H27N3O3. The van der Waals surface area contributed by atoms with E-state index in [9.17, 15) is 9.59 Å². The molecule has 0 fully saturated rings. The predicted octanol–water partition coefficient (Wildman–Crippen LogP) is 1.84. The van der Waals surface area contributed by atoms with Gasteiger partial charge in [0.25, 0.3) is 11.5 Å². The van der Waals surface area contributed by atoms with Crippen molar-refractivity contribution in [3.05, 3.63) is 28.2 Å². The van der Waals surface area contributed by atoms with Gasteiger partial charge in [0.1, 0.15) is 5.69 Å². The fraction of sp³-hybridized carbons (Fsp3) is 0.688. The summed E-state index contributed by atoms with van der Waals surface area (Å²) in [4.78, 5) is 23.6. The van der Waals surface area contributed by atoms with E-state index in [1.165, 1.54) is 16.8 Å². The van der Waals surface area contributed by atoms with Crippen molar-refractivity contribution in [2.24, 2.45) is 5.92 Å². The Kier molecular flexibility index (Phi) is 8.43. The summed E-state index contributed by atoms with van der Waals surface area (Å²) in [6, 6.07) is 2.86. The van der Waals surface area contributed by atoms with Crippen LogP contribution in [0.5, 0.6) is 0 Å². The van der Waals surface area contributed by atoms with Crippen molar-refractivity contribution in [1.29, 1.82) is 0 Å². The number of aromatic nitrogens is 2. The Labute approximate surface area is 131 Å². The largest absolute Gasteiger partial charge is 0.381 e. The second-order valence-corrected chi connectivity index (χ2v) is 5.71. The number of unbranched alkanes of at least 4 members (excludes halogenated alkanes) is 1. The van der Waals surface area contributed by atoms with E-state index < -0.39 is 0 Å². The fourth-order valence-electron chi connectivity index (χ4n) is 1.82. The van der Waals surface area contributed by atoms with Gasteiger partial charge >= 0.3 is 0 Å². The highest BCUT2D eigenvalue weighted by Crippen LogP contribution is 1.95. The normalized spacial score (nSPS) is 10.9. The minimum Gasteiger partial charge on any atom is -0.381 e. The maximum Gasteiger partial charge on any atom is 0.271 e. The van der Waals surface area contributed by atoms with Gasteiger partial charge in [0, 0.05) is 32.4 Å². The molecule has 1 N–H and O–H groups in total. The van der Waals surface area contributed by atoms with Crippen molar-refractivity contribution in [3.8, 4) is 0 Å². The Bertz CT molecular complexity index is 512. The Hall–Kier alpha value is -1.69. The van der Waals surface area contributed by atoms with E-state index >= 15 is 0 Å². The summed E-state index contributed by atoms with van der Waals surface area (Å²) in [6.07, 6.45) is 2.60. The van der Waals surface area contributed by atoms with E-state index in [2.05, 4.69) is 24.3 Å². The van der Waals surface area contributed by atoms with Crippen LogP contribution in [0.25, 0.3) is 0 Å². The molecule has 0 aliphatic rings. The second-order valence-electron chi connectivity index (χ2n) is 5.71. The highest BCUT2D eigenvalue weighted by atomic mass is 16.5. The Morgan fingerprint density at radius 2 is 2.14 bits per heavy atom. The lowest BCUT2D eigenvalue weighted by Gasteiger charge is -2.08. The number of carbonyl (C=O) groups is 1. The van der Waals surface area contributed by atoms with Crippen molar-refractivity contribution in [2.45, 2.75) is 46.6 Å². The molecule has 0 aromatic carbocycles. The SMILES string of the molecule is CCCCn1nc(C(=O)NCCCOCC(C)C)ccc1=O. The van der Waals surface area contributed by atoms with Gasteiger partial charge < -0.3 is 10.1 Å². The van der Waals surface area contributed by atoms with E-state index in [1.807, 2.05) is 6.92 Å². The topological polar surface area (TPSA) is 73.2 Å². The monoisotopic (exact) mass is 309 g/mol. The van der Waals surface area contributed by atoms with E-state index in [-0.39, 0.29) is 17.2 Å². The summed E-state index contributed by atoms with van der Waals surface area (Å²) >= 11 is 0. The molecule has 1 rings (SSSR count).